The molecule has 34 heavy (non-hydrogen) atoms. The van der Waals surface area contributed by atoms with Gasteiger partial charge in [0.05, 0.1) is 5.39 Å². The number of aromatic nitrogens is 3. The van der Waals surface area contributed by atoms with Gasteiger partial charge < -0.3 is 29.6 Å². The van der Waals surface area contributed by atoms with Crippen LogP contribution in [0.2, 0.25) is 0 Å². The van der Waals surface area contributed by atoms with E-state index >= 15 is 0 Å². The largest absolute Gasteiger partial charge is 0.454 e. The van der Waals surface area contributed by atoms with E-state index in [0.717, 1.165) is 72.7 Å². The molecule has 9 heteroatoms. The van der Waals surface area contributed by atoms with E-state index in [1.807, 2.05) is 48.2 Å². The minimum atomic E-state index is 0.0947. The number of anilines is 1. The molecule has 2 N–H and O–H groups in total. The van der Waals surface area contributed by atoms with Crippen LogP contribution in [0.3, 0.4) is 0 Å². The Balaban J connectivity index is 1.33. The molecule has 1 aromatic carbocycles. The van der Waals surface area contributed by atoms with Crippen molar-refractivity contribution in [3.8, 4) is 22.6 Å². The van der Waals surface area contributed by atoms with Crippen LogP contribution in [-0.4, -0.2) is 70.8 Å². The van der Waals surface area contributed by atoms with Crippen molar-refractivity contribution in [2.24, 2.45) is 5.92 Å². The fourth-order valence-corrected chi connectivity index (χ4v) is 4.65. The van der Waals surface area contributed by atoms with Crippen LogP contribution in [0.15, 0.2) is 42.9 Å². The summed E-state index contributed by atoms with van der Waals surface area (Å²) in [5, 5.41) is 0.847. The van der Waals surface area contributed by atoms with Gasteiger partial charge >= 0.3 is 0 Å². The average Bonchev–Trinajstić information content (AvgIpc) is 3.44. The van der Waals surface area contributed by atoms with E-state index in [0.29, 0.717) is 11.7 Å². The van der Waals surface area contributed by atoms with Gasteiger partial charge in [-0.3, -0.25) is 4.79 Å². The Kier molecular flexibility index (Phi) is 6.10. The number of piperidine rings is 1. The monoisotopic (exact) mass is 462 g/mol. The van der Waals surface area contributed by atoms with Gasteiger partial charge in [0.1, 0.15) is 17.8 Å². The maximum atomic E-state index is 12.5. The first-order valence-corrected chi connectivity index (χ1v) is 11.6. The minimum Gasteiger partial charge on any atom is -0.454 e. The number of nitrogens with zero attached hydrogens (tertiary/aromatic N) is 5. The van der Waals surface area contributed by atoms with Gasteiger partial charge in [-0.15, -0.1) is 0 Å². The van der Waals surface area contributed by atoms with Crippen LogP contribution in [0.1, 0.15) is 12.8 Å². The van der Waals surface area contributed by atoms with Gasteiger partial charge in [-0.25, -0.2) is 9.97 Å². The Labute approximate surface area is 198 Å². The third kappa shape index (κ3) is 4.43. The predicted octanol–water partition coefficient (Wildman–Crippen LogP) is 2.77. The van der Waals surface area contributed by atoms with Gasteiger partial charge in [-0.05, 0) is 50.6 Å². The molecule has 2 aliphatic heterocycles. The van der Waals surface area contributed by atoms with Crippen LogP contribution in [-0.2, 0) is 11.3 Å². The summed E-state index contributed by atoms with van der Waals surface area (Å²) in [5.74, 6) is 2.48. The number of likely N-dealkylation sites (N-methyl/N-ethyl adjacent to an activating group) is 1. The van der Waals surface area contributed by atoms with E-state index in [1.165, 1.54) is 6.33 Å². The summed E-state index contributed by atoms with van der Waals surface area (Å²) in [7, 11) is 3.98. The van der Waals surface area contributed by atoms with E-state index < -0.39 is 0 Å². The predicted molar refractivity (Wildman–Crippen MR) is 130 cm³/mol. The molecule has 0 radical (unpaired) electrons. The number of rotatable bonds is 6. The molecule has 178 valence electrons. The number of hydrogen-bond acceptors (Lipinski definition) is 7. The maximum absolute atomic E-state index is 12.5. The summed E-state index contributed by atoms with van der Waals surface area (Å²) in [6.45, 7) is 3.34. The fourth-order valence-electron chi connectivity index (χ4n) is 4.65. The van der Waals surface area contributed by atoms with E-state index in [-0.39, 0.29) is 12.7 Å². The highest BCUT2D eigenvalue weighted by molar-refractivity contribution is 6.00. The van der Waals surface area contributed by atoms with Crippen LogP contribution in [0.5, 0.6) is 11.5 Å². The first kappa shape index (κ1) is 22.2. The van der Waals surface area contributed by atoms with Gasteiger partial charge in [-0.2, -0.15) is 0 Å². The average molecular weight is 463 g/mol. The zero-order valence-electron chi connectivity index (χ0n) is 19.6. The first-order chi connectivity index (χ1) is 16.5. The lowest BCUT2D eigenvalue weighted by Gasteiger charge is -2.31. The van der Waals surface area contributed by atoms with Crippen molar-refractivity contribution in [3.05, 3.63) is 42.9 Å². The van der Waals surface area contributed by atoms with E-state index in [2.05, 4.69) is 20.7 Å². The summed E-state index contributed by atoms with van der Waals surface area (Å²) in [6.07, 6.45) is 9.13. The van der Waals surface area contributed by atoms with Crippen molar-refractivity contribution in [1.82, 2.24) is 24.3 Å². The molecule has 2 aromatic heterocycles. The second-order valence-electron chi connectivity index (χ2n) is 9.15. The second-order valence-corrected chi connectivity index (χ2v) is 9.15. The van der Waals surface area contributed by atoms with Crippen LogP contribution in [0.4, 0.5) is 5.82 Å². The SMILES string of the molecule is CN(C)C/C=C/C(=O)N1CCC(Cn2cc(-c3ccc4c(c3)OCO4)c3c(N)ncnc32)CC1. The summed E-state index contributed by atoms with van der Waals surface area (Å²) in [6, 6.07) is 5.90. The molecule has 3 aromatic rings. The molecule has 9 nitrogen and oxygen atoms in total. The van der Waals surface area contributed by atoms with E-state index in [9.17, 15) is 4.79 Å². The molecule has 0 unspecified atom stereocenters. The quantitative estimate of drug-likeness (QED) is 0.563. The Hall–Kier alpha value is -3.59. The number of hydrogen-bond donors (Lipinski definition) is 1. The zero-order valence-corrected chi connectivity index (χ0v) is 19.6. The third-order valence-electron chi connectivity index (χ3n) is 6.48. The van der Waals surface area contributed by atoms with E-state index in [4.69, 9.17) is 15.2 Å². The smallest absolute Gasteiger partial charge is 0.246 e. The van der Waals surface area contributed by atoms with Crippen LogP contribution in [0.25, 0.3) is 22.2 Å². The molecule has 0 aliphatic carbocycles. The number of likely N-dealkylation sites (tertiary alicyclic amines) is 1. The van der Waals surface area contributed by atoms with Crippen molar-refractivity contribution in [2.75, 3.05) is 46.3 Å². The highest BCUT2D eigenvalue weighted by Crippen LogP contribution is 2.39. The molecular formula is C25H30N6O3. The lowest BCUT2D eigenvalue weighted by atomic mass is 9.96. The Morgan fingerprint density at radius 2 is 2.00 bits per heavy atom. The molecule has 1 saturated heterocycles. The molecule has 2 aliphatic rings. The highest BCUT2D eigenvalue weighted by Gasteiger charge is 2.24. The Morgan fingerprint density at radius 3 is 2.79 bits per heavy atom. The first-order valence-electron chi connectivity index (χ1n) is 11.6. The molecular weight excluding hydrogens is 432 g/mol. The van der Waals surface area contributed by atoms with Gasteiger partial charge in [0.2, 0.25) is 12.7 Å². The van der Waals surface area contributed by atoms with Crippen molar-refractivity contribution in [2.45, 2.75) is 19.4 Å². The molecule has 0 spiro atoms. The fraction of sp³-hybridized carbons (Fsp3) is 0.400. The molecule has 1 fully saturated rings. The third-order valence-corrected chi connectivity index (χ3v) is 6.48. The lowest BCUT2D eigenvalue weighted by molar-refractivity contribution is -0.127. The topological polar surface area (TPSA) is 98.7 Å². The van der Waals surface area contributed by atoms with Crippen molar-refractivity contribution in [3.63, 3.8) is 0 Å². The second kappa shape index (κ2) is 9.34. The summed E-state index contributed by atoms with van der Waals surface area (Å²) in [5.41, 5.74) is 9.08. The van der Waals surface area contributed by atoms with Crippen LogP contribution >= 0.6 is 0 Å². The molecule has 0 bridgehead atoms. The number of carbonyl (C=O) groups excluding carboxylic acids is 1. The number of nitrogens with two attached hydrogens (primary N) is 1. The minimum absolute atomic E-state index is 0.0947. The van der Waals surface area contributed by atoms with Crippen LogP contribution < -0.4 is 15.2 Å². The normalized spacial score (nSPS) is 16.3. The van der Waals surface area contributed by atoms with Crippen molar-refractivity contribution in [1.29, 1.82) is 0 Å². The zero-order chi connectivity index (χ0) is 23.7. The maximum Gasteiger partial charge on any atom is 0.246 e. The molecule has 0 saturated carbocycles. The molecule has 1 amide bonds. The number of carbonyl (C=O) groups is 1. The van der Waals surface area contributed by atoms with Gasteiger partial charge in [0.15, 0.2) is 11.5 Å². The standard InChI is InChI=1S/C25H30N6O3/c1-29(2)9-3-4-22(32)30-10-7-17(8-11-30)13-31-14-19(23-24(26)27-15-28-25(23)31)18-5-6-20-21(12-18)34-16-33-20/h3-6,12,14-15,17H,7-11,13,16H2,1-2H3,(H2,26,27,28)/b4-3+. The summed E-state index contributed by atoms with van der Waals surface area (Å²) in [4.78, 5) is 25.2. The highest BCUT2D eigenvalue weighted by atomic mass is 16.7. The number of nitrogen functional groups attached to an aromatic ring is 1. The van der Waals surface area contributed by atoms with Crippen molar-refractivity contribution >= 4 is 22.8 Å². The van der Waals surface area contributed by atoms with Gasteiger partial charge in [0.25, 0.3) is 0 Å². The van der Waals surface area contributed by atoms with Crippen LogP contribution in [0, 0.1) is 5.92 Å². The summed E-state index contributed by atoms with van der Waals surface area (Å²) < 4.78 is 13.2. The van der Waals surface area contributed by atoms with Crippen molar-refractivity contribution < 1.29 is 14.3 Å². The number of amides is 1. The lowest BCUT2D eigenvalue weighted by Crippen LogP contribution is -2.38. The number of fused-ring (bicyclic) bond motifs is 2. The summed E-state index contributed by atoms with van der Waals surface area (Å²) >= 11 is 0. The molecule has 0 atom stereocenters. The Morgan fingerprint density at radius 1 is 1.21 bits per heavy atom. The van der Waals surface area contributed by atoms with Gasteiger partial charge in [0, 0.05) is 44.0 Å². The molecule has 4 heterocycles. The molecule has 5 rings (SSSR count). The van der Waals surface area contributed by atoms with Gasteiger partial charge in [-0.1, -0.05) is 12.1 Å². The number of benzene rings is 1. The number of ether oxygens (including phenoxy) is 2. The Bertz CT molecular complexity index is 1230. The van der Waals surface area contributed by atoms with E-state index in [1.54, 1.807) is 6.08 Å².